The molecule has 6 N–H and O–H groups in total. The van der Waals surface area contributed by atoms with Crippen molar-refractivity contribution in [1.82, 2.24) is 24.8 Å². The number of nitrogens with two attached hydrogens (primary N) is 1. The number of imidazole rings is 1. The van der Waals surface area contributed by atoms with E-state index in [9.17, 15) is 20.1 Å². The highest BCUT2D eigenvalue weighted by Gasteiger charge is 2.56. The molecule has 11 nitrogen and oxygen atoms in total. The number of nitrogens with one attached hydrogen (secondary N) is 1. The lowest BCUT2D eigenvalue weighted by molar-refractivity contribution is -0.137. The second kappa shape index (κ2) is 8.13. The lowest BCUT2D eigenvalue weighted by atomic mass is 9.50. The number of fused-ring (bicyclic) bond motifs is 1. The van der Waals surface area contributed by atoms with Crippen LogP contribution in [0.3, 0.4) is 0 Å². The van der Waals surface area contributed by atoms with E-state index < -0.39 is 36.0 Å². The quantitative estimate of drug-likeness (QED) is 0.369. The third-order valence-electron chi connectivity index (χ3n) is 8.33. The average molecular weight is 483 g/mol. The topological polar surface area (TPSA) is 169 Å². The van der Waals surface area contributed by atoms with Crippen LogP contribution in [0.15, 0.2) is 6.33 Å². The van der Waals surface area contributed by atoms with Crippen molar-refractivity contribution in [2.45, 2.75) is 69.2 Å². The summed E-state index contributed by atoms with van der Waals surface area (Å²) < 4.78 is 7.12. The molecule has 186 valence electrons. The van der Waals surface area contributed by atoms with Crippen molar-refractivity contribution in [1.29, 1.82) is 0 Å². The first-order valence-corrected chi connectivity index (χ1v) is 12.3. The summed E-state index contributed by atoms with van der Waals surface area (Å²) >= 11 is 0. The smallest absolute Gasteiger partial charge is 0.252 e. The van der Waals surface area contributed by atoms with E-state index in [2.05, 4.69) is 32.1 Å². The number of nitrogen functional groups attached to an aromatic ring is 1. The molecule has 0 aromatic carbocycles. The van der Waals surface area contributed by atoms with Crippen LogP contribution < -0.4 is 11.1 Å². The number of aromatic nitrogens is 4. The Balaban J connectivity index is 1.32. The van der Waals surface area contributed by atoms with Crippen LogP contribution in [0.25, 0.3) is 11.2 Å². The van der Waals surface area contributed by atoms with E-state index in [1.54, 1.807) is 6.92 Å². The van der Waals surface area contributed by atoms with E-state index in [4.69, 9.17) is 10.5 Å². The molecule has 4 atom stereocenters. The summed E-state index contributed by atoms with van der Waals surface area (Å²) in [5, 5.41) is 35.1. The van der Waals surface area contributed by atoms with Crippen molar-refractivity contribution in [3.8, 4) is 11.8 Å². The summed E-state index contributed by atoms with van der Waals surface area (Å²) in [5.74, 6) is 7.53. The summed E-state index contributed by atoms with van der Waals surface area (Å²) in [6.07, 6.45) is 1.55. The lowest BCUT2D eigenvalue weighted by Crippen LogP contribution is -2.56. The fraction of sp³-hybridized carbons (Fsp3) is 0.667. The second-order valence-corrected chi connectivity index (χ2v) is 10.5. The van der Waals surface area contributed by atoms with Gasteiger partial charge in [-0.1, -0.05) is 5.92 Å². The first-order chi connectivity index (χ1) is 16.8. The minimum absolute atomic E-state index is 0.100. The van der Waals surface area contributed by atoms with Crippen LogP contribution in [0.4, 0.5) is 5.82 Å². The number of likely N-dealkylation sites (N-methyl/N-ethyl adjacent to an activating group) is 1. The van der Waals surface area contributed by atoms with Gasteiger partial charge in [-0.05, 0) is 68.6 Å². The Bertz CT molecular complexity index is 1210. The molecule has 1 amide bonds. The third-order valence-corrected chi connectivity index (χ3v) is 8.33. The van der Waals surface area contributed by atoms with Crippen molar-refractivity contribution in [2.75, 3.05) is 12.3 Å². The molecule has 0 radical (unpaired) electrons. The number of aliphatic hydroxyl groups is 3. The predicted octanol–water partition coefficient (Wildman–Crippen LogP) is -0.297. The van der Waals surface area contributed by atoms with E-state index in [-0.39, 0.29) is 34.6 Å². The van der Waals surface area contributed by atoms with Gasteiger partial charge in [0.05, 0.1) is 6.33 Å². The molecule has 1 aliphatic heterocycles. The molecular weight excluding hydrogens is 452 g/mol. The molecule has 35 heavy (non-hydrogen) atoms. The highest BCUT2D eigenvalue weighted by molar-refractivity contribution is 5.83. The first-order valence-electron chi connectivity index (χ1n) is 12.3. The van der Waals surface area contributed by atoms with Gasteiger partial charge in [-0.3, -0.25) is 9.36 Å². The number of carbonyl (C=O) groups is 1. The first kappa shape index (κ1) is 22.7. The zero-order chi connectivity index (χ0) is 24.5. The van der Waals surface area contributed by atoms with Crippen molar-refractivity contribution in [3.63, 3.8) is 0 Å². The Morgan fingerprint density at radius 2 is 1.89 bits per heavy atom. The molecule has 1 saturated heterocycles. The van der Waals surface area contributed by atoms with Crippen LogP contribution in [0.1, 0.15) is 51.1 Å². The monoisotopic (exact) mass is 482 g/mol. The van der Waals surface area contributed by atoms with Gasteiger partial charge in [0, 0.05) is 6.54 Å². The molecule has 4 aliphatic carbocycles. The van der Waals surface area contributed by atoms with Crippen molar-refractivity contribution < 1.29 is 24.9 Å². The van der Waals surface area contributed by atoms with Gasteiger partial charge in [0.25, 0.3) is 5.91 Å². The Kier molecular flexibility index (Phi) is 5.27. The van der Waals surface area contributed by atoms with Gasteiger partial charge >= 0.3 is 0 Å². The minimum atomic E-state index is -1.42. The van der Waals surface area contributed by atoms with Crippen LogP contribution in [0.2, 0.25) is 0 Å². The zero-order valence-electron chi connectivity index (χ0n) is 19.5. The van der Waals surface area contributed by atoms with Crippen molar-refractivity contribution in [2.24, 2.45) is 23.7 Å². The van der Waals surface area contributed by atoms with Gasteiger partial charge in [-0.25, -0.2) is 15.0 Å². The summed E-state index contributed by atoms with van der Waals surface area (Å²) in [6.45, 7) is 2.11. The normalized spacial score (nSPS) is 39.5. The van der Waals surface area contributed by atoms with E-state index in [1.165, 1.54) is 17.3 Å². The van der Waals surface area contributed by atoms with Gasteiger partial charge < -0.3 is 31.1 Å². The SMILES string of the molecule is CCNC(=O)[C@H]1O[C@@H](n2cnc3c(N)nc(C#CC4(O)C5CC6CC(C5)CC4C6)nc32)[C@H](O)[C@@H]1O. The number of aliphatic hydroxyl groups excluding tert-OH is 2. The van der Waals surface area contributed by atoms with Crippen molar-refractivity contribution in [3.05, 3.63) is 12.2 Å². The molecule has 4 saturated carbocycles. The van der Waals surface area contributed by atoms with Crippen LogP contribution in [0.5, 0.6) is 0 Å². The maximum atomic E-state index is 12.2. The van der Waals surface area contributed by atoms with Crippen LogP contribution >= 0.6 is 0 Å². The molecule has 0 spiro atoms. The number of amides is 1. The molecule has 2 aromatic heterocycles. The minimum Gasteiger partial charge on any atom is -0.387 e. The molecular formula is C24H30N6O5. The molecule has 11 heteroatoms. The van der Waals surface area contributed by atoms with Gasteiger partial charge in [0.1, 0.15) is 23.3 Å². The van der Waals surface area contributed by atoms with E-state index in [0.717, 1.165) is 25.7 Å². The Morgan fingerprint density at radius 1 is 1.20 bits per heavy atom. The van der Waals surface area contributed by atoms with Crippen molar-refractivity contribution >= 4 is 22.9 Å². The van der Waals surface area contributed by atoms with Crippen LogP contribution in [-0.2, 0) is 9.53 Å². The second-order valence-electron chi connectivity index (χ2n) is 10.5. The largest absolute Gasteiger partial charge is 0.387 e. The van der Waals surface area contributed by atoms with Gasteiger partial charge in [0.2, 0.25) is 5.82 Å². The molecule has 7 rings (SSSR count). The van der Waals surface area contributed by atoms with E-state index >= 15 is 0 Å². The highest BCUT2D eigenvalue weighted by atomic mass is 16.6. The molecule has 5 fully saturated rings. The summed E-state index contributed by atoms with van der Waals surface area (Å²) in [6, 6.07) is 0. The summed E-state index contributed by atoms with van der Waals surface area (Å²) in [4.78, 5) is 25.2. The molecule has 0 unspecified atom stereocenters. The van der Waals surface area contributed by atoms with Gasteiger partial charge in [0.15, 0.2) is 23.8 Å². The van der Waals surface area contributed by atoms with Crippen LogP contribution in [-0.4, -0.2) is 71.2 Å². The Hall–Kier alpha value is -2.78. The maximum absolute atomic E-state index is 12.2. The molecule has 3 heterocycles. The lowest BCUT2D eigenvalue weighted by Gasteiger charge is -2.56. The number of hydrogen-bond acceptors (Lipinski definition) is 9. The summed E-state index contributed by atoms with van der Waals surface area (Å²) in [7, 11) is 0. The van der Waals surface area contributed by atoms with Gasteiger partial charge in [-0.15, -0.1) is 0 Å². The number of anilines is 1. The van der Waals surface area contributed by atoms with Gasteiger partial charge in [-0.2, -0.15) is 0 Å². The Morgan fingerprint density at radius 3 is 2.54 bits per heavy atom. The zero-order valence-corrected chi connectivity index (χ0v) is 19.5. The third kappa shape index (κ3) is 3.50. The maximum Gasteiger partial charge on any atom is 0.252 e. The van der Waals surface area contributed by atoms with E-state index in [0.29, 0.717) is 18.4 Å². The fourth-order valence-electron chi connectivity index (χ4n) is 6.82. The number of carbonyl (C=O) groups excluding carboxylic acids is 1. The van der Waals surface area contributed by atoms with Crippen LogP contribution in [0, 0.1) is 35.5 Å². The van der Waals surface area contributed by atoms with E-state index in [1.807, 2.05) is 0 Å². The molecule has 2 aromatic rings. The molecule has 4 bridgehead atoms. The average Bonchev–Trinajstić information content (AvgIpc) is 3.37. The fourth-order valence-corrected chi connectivity index (χ4v) is 6.82. The predicted molar refractivity (Wildman–Crippen MR) is 123 cm³/mol. The number of rotatable bonds is 3. The molecule has 5 aliphatic rings. The number of hydrogen-bond donors (Lipinski definition) is 5. The number of nitrogens with zero attached hydrogens (tertiary/aromatic N) is 4. The Labute approximate surface area is 202 Å². The highest BCUT2D eigenvalue weighted by Crippen LogP contribution is 2.58. The summed E-state index contributed by atoms with van der Waals surface area (Å²) in [5.41, 5.74) is 5.63. The standard InChI is InChI=1S/C24H30N6O5/c1-2-26-22(33)19-17(31)18(32)23(35-19)30-10-27-16-20(25)28-15(29-21(16)30)3-4-24(34)13-6-11-5-12(8-13)9-14(24)7-11/h10-14,17-19,23,31-32,34H,2,5-9H2,1H3,(H,26,33)(H2,25,28,29)/t11?,12?,13?,14?,17-,18+,19-,23+,24?/m0/s1. The number of ether oxygens (including phenoxy) is 1.